The fourth-order valence-electron chi connectivity index (χ4n) is 1.65. The number of ether oxygens (including phenoxy) is 2. The molecule has 0 aliphatic rings. The average Bonchev–Trinajstić information content (AvgIpc) is 2.39. The molecular weight excluding hydrogens is 216 g/mol. The van der Waals surface area contributed by atoms with Crippen LogP contribution in [0.3, 0.4) is 0 Å². The number of hydrogen-bond acceptors (Lipinski definition) is 3. The molecule has 3 heteroatoms. The number of phenolic OH excluding ortho intramolecular Hbond substituents is 1. The predicted molar refractivity (Wildman–Crippen MR) is 66.6 cm³/mol. The molecule has 0 aliphatic heterocycles. The molecule has 0 unspecified atom stereocenters. The Morgan fingerprint density at radius 1 is 0.824 bits per heavy atom. The van der Waals surface area contributed by atoms with Gasteiger partial charge in [-0.05, 0) is 35.4 Å². The zero-order valence-corrected chi connectivity index (χ0v) is 9.81. The summed E-state index contributed by atoms with van der Waals surface area (Å²) in [6, 6.07) is 13.0. The maximum absolute atomic E-state index is 9.70. The molecule has 3 nitrogen and oxygen atoms in total. The minimum absolute atomic E-state index is 0.140. The summed E-state index contributed by atoms with van der Waals surface area (Å²) < 4.78 is 10.1. The minimum Gasteiger partial charge on any atom is -0.504 e. The van der Waals surface area contributed by atoms with Crippen molar-refractivity contribution in [2.75, 3.05) is 14.2 Å². The van der Waals surface area contributed by atoms with E-state index in [1.807, 2.05) is 30.3 Å². The molecule has 1 N–H and O–H groups in total. The van der Waals surface area contributed by atoms with Crippen LogP contribution in [0.2, 0.25) is 0 Å². The van der Waals surface area contributed by atoms with Crippen molar-refractivity contribution in [2.45, 2.75) is 0 Å². The van der Waals surface area contributed by atoms with Crippen LogP contribution in [0.1, 0.15) is 0 Å². The van der Waals surface area contributed by atoms with Gasteiger partial charge in [-0.3, -0.25) is 0 Å². The highest BCUT2D eigenvalue weighted by Gasteiger charge is 2.04. The molecule has 0 bridgehead atoms. The Morgan fingerprint density at radius 2 is 1.47 bits per heavy atom. The number of benzene rings is 2. The number of rotatable bonds is 3. The van der Waals surface area contributed by atoms with Gasteiger partial charge in [-0.2, -0.15) is 0 Å². The van der Waals surface area contributed by atoms with Crippen LogP contribution in [-0.2, 0) is 0 Å². The van der Waals surface area contributed by atoms with Gasteiger partial charge in [0.25, 0.3) is 0 Å². The summed E-state index contributed by atoms with van der Waals surface area (Å²) in [5, 5.41) is 9.70. The zero-order valence-electron chi connectivity index (χ0n) is 9.81. The highest BCUT2D eigenvalue weighted by molar-refractivity contribution is 5.67. The maximum Gasteiger partial charge on any atom is 0.160 e. The lowest BCUT2D eigenvalue weighted by molar-refractivity contribution is 0.373. The topological polar surface area (TPSA) is 38.7 Å². The van der Waals surface area contributed by atoms with Crippen molar-refractivity contribution >= 4 is 0 Å². The lowest BCUT2D eigenvalue weighted by Crippen LogP contribution is -1.85. The molecule has 88 valence electrons. The average molecular weight is 230 g/mol. The summed E-state index contributed by atoms with van der Waals surface area (Å²) in [5.74, 6) is 1.43. The van der Waals surface area contributed by atoms with E-state index in [-0.39, 0.29) is 5.75 Å². The summed E-state index contributed by atoms with van der Waals surface area (Å²) in [6.07, 6.45) is 0. The van der Waals surface area contributed by atoms with Gasteiger partial charge in [-0.25, -0.2) is 0 Å². The Labute approximate surface area is 100 Å². The third-order valence-corrected chi connectivity index (χ3v) is 2.60. The monoisotopic (exact) mass is 230 g/mol. The van der Waals surface area contributed by atoms with Crippen molar-refractivity contribution in [3.05, 3.63) is 42.5 Å². The molecule has 0 radical (unpaired) electrons. The fraction of sp³-hybridized carbons (Fsp3) is 0.143. The van der Waals surface area contributed by atoms with Crippen LogP contribution >= 0.6 is 0 Å². The van der Waals surface area contributed by atoms with E-state index in [0.717, 1.165) is 16.9 Å². The van der Waals surface area contributed by atoms with E-state index in [9.17, 15) is 5.11 Å². The molecule has 0 saturated carbocycles. The van der Waals surface area contributed by atoms with Crippen molar-refractivity contribution < 1.29 is 14.6 Å². The summed E-state index contributed by atoms with van der Waals surface area (Å²) >= 11 is 0. The Morgan fingerprint density at radius 3 is 2.00 bits per heavy atom. The summed E-state index contributed by atoms with van der Waals surface area (Å²) in [4.78, 5) is 0. The lowest BCUT2D eigenvalue weighted by atomic mass is 10.1. The Kier molecular flexibility index (Phi) is 3.19. The first-order valence-corrected chi connectivity index (χ1v) is 5.26. The molecule has 0 atom stereocenters. The largest absolute Gasteiger partial charge is 0.504 e. The lowest BCUT2D eigenvalue weighted by Gasteiger charge is -2.07. The molecule has 2 aromatic carbocycles. The first-order chi connectivity index (χ1) is 8.24. The van der Waals surface area contributed by atoms with E-state index in [2.05, 4.69) is 0 Å². The Balaban J connectivity index is 2.35. The van der Waals surface area contributed by atoms with E-state index < -0.39 is 0 Å². The SMILES string of the molecule is COc1ccc(-c2ccc(OC)c(O)c2)cc1. The fourth-order valence-corrected chi connectivity index (χ4v) is 1.65. The third-order valence-electron chi connectivity index (χ3n) is 2.60. The van der Waals surface area contributed by atoms with Crippen LogP contribution in [0.15, 0.2) is 42.5 Å². The number of phenols is 1. The highest BCUT2D eigenvalue weighted by Crippen LogP contribution is 2.31. The highest BCUT2D eigenvalue weighted by atomic mass is 16.5. The van der Waals surface area contributed by atoms with Crippen LogP contribution in [-0.4, -0.2) is 19.3 Å². The van der Waals surface area contributed by atoms with Gasteiger partial charge >= 0.3 is 0 Å². The van der Waals surface area contributed by atoms with Gasteiger partial charge in [0.2, 0.25) is 0 Å². The summed E-state index contributed by atoms with van der Waals surface area (Å²) in [7, 11) is 3.16. The van der Waals surface area contributed by atoms with E-state index in [0.29, 0.717) is 5.75 Å². The molecule has 17 heavy (non-hydrogen) atoms. The van der Waals surface area contributed by atoms with Gasteiger partial charge in [-0.15, -0.1) is 0 Å². The molecule has 0 aromatic heterocycles. The van der Waals surface area contributed by atoms with E-state index >= 15 is 0 Å². The number of methoxy groups -OCH3 is 2. The third kappa shape index (κ3) is 2.33. The van der Waals surface area contributed by atoms with Gasteiger partial charge < -0.3 is 14.6 Å². The van der Waals surface area contributed by atoms with Crippen LogP contribution in [0.4, 0.5) is 0 Å². The second-order valence-electron chi connectivity index (χ2n) is 3.62. The smallest absolute Gasteiger partial charge is 0.160 e. The second kappa shape index (κ2) is 4.78. The molecule has 0 heterocycles. The first-order valence-electron chi connectivity index (χ1n) is 5.26. The number of aromatic hydroxyl groups is 1. The molecular formula is C14H14O3. The molecule has 0 amide bonds. The van der Waals surface area contributed by atoms with Crippen LogP contribution in [0.25, 0.3) is 11.1 Å². The van der Waals surface area contributed by atoms with Crippen molar-refractivity contribution in [3.63, 3.8) is 0 Å². The Hall–Kier alpha value is -2.16. The summed E-state index contributed by atoms with van der Waals surface area (Å²) in [5.41, 5.74) is 1.95. The zero-order chi connectivity index (χ0) is 12.3. The van der Waals surface area contributed by atoms with Gasteiger partial charge in [0.15, 0.2) is 11.5 Å². The van der Waals surface area contributed by atoms with E-state index in [4.69, 9.17) is 9.47 Å². The van der Waals surface area contributed by atoms with Crippen molar-refractivity contribution in [3.8, 4) is 28.4 Å². The van der Waals surface area contributed by atoms with Gasteiger partial charge in [0, 0.05) is 0 Å². The van der Waals surface area contributed by atoms with Crippen LogP contribution in [0, 0.1) is 0 Å². The van der Waals surface area contributed by atoms with E-state index in [1.54, 1.807) is 19.2 Å². The minimum atomic E-state index is 0.140. The molecule has 0 spiro atoms. The molecule has 0 aliphatic carbocycles. The van der Waals surface area contributed by atoms with Gasteiger partial charge in [0.1, 0.15) is 5.75 Å². The summed E-state index contributed by atoms with van der Waals surface area (Å²) in [6.45, 7) is 0. The van der Waals surface area contributed by atoms with Gasteiger partial charge in [0.05, 0.1) is 14.2 Å². The second-order valence-corrected chi connectivity index (χ2v) is 3.62. The van der Waals surface area contributed by atoms with Crippen LogP contribution in [0.5, 0.6) is 17.2 Å². The Bertz CT molecular complexity index is 503. The van der Waals surface area contributed by atoms with Crippen molar-refractivity contribution in [1.82, 2.24) is 0 Å². The quantitative estimate of drug-likeness (QED) is 0.880. The van der Waals surface area contributed by atoms with Crippen molar-refractivity contribution in [2.24, 2.45) is 0 Å². The molecule has 2 aromatic rings. The normalized spacial score (nSPS) is 10.0. The molecule has 0 saturated heterocycles. The van der Waals surface area contributed by atoms with Crippen molar-refractivity contribution in [1.29, 1.82) is 0 Å². The predicted octanol–water partition coefficient (Wildman–Crippen LogP) is 3.08. The van der Waals surface area contributed by atoms with Crippen LogP contribution < -0.4 is 9.47 Å². The van der Waals surface area contributed by atoms with E-state index in [1.165, 1.54) is 7.11 Å². The molecule has 2 rings (SSSR count). The first kappa shape index (κ1) is 11.3. The maximum atomic E-state index is 9.70. The number of hydrogen-bond donors (Lipinski definition) is 1. The standard InChI is InChI=1S/C14H14O3/c1-16-12-6-3-10(4-7-12)11-5-8-14(17-2)13(15)9-11/h3-9,15H,1-2H3. The molecule has 0 fully saturated rings. The van der Waals surface area contributed by atoms with Gasteiger partial charge in [-0.1, -0.05) is 18.2 Å².